The number of aromatic nitrogens is 7. The van der Waals surface area contributed by atoms with E-state index in [1.54, 1.807) is 18.2 Å². The zero-order valence-corrected chi connectivity index (χ0v) is 14.4. The van der Waals surface area contributed by atoms with Gasteiger partial charge in [-0.05, 0) is 29.8 Å². The second-order valence-corrected chi connectivity index (χ2v) is 6.47. The van der Waals surface area contributed by atoms with Gasteiger partial charge in [-0.3, -0.25) is 14.7 Å². The molecule has 4 heterocycles. The standard InChI is InChI=1S/C17H13FN8O2/c18-10-3-1-9(2-4-10)12-5-15-19-13-8-25(7-11(13)17(28)26(15)22-12)16(27)6-14-20-23-24-21-14/h1-5,22H,6-8H2,(H,20,21,23,24). The molecule has 0 spiro atoms. The third kappa shape index (κ3) is 2.64. The number of nitrogens with zero attached hydrogens (tertiary/aromatic N) is 6. The van der Waals surface area contributed by atoms with Crippen molar-refractivity contribution in [1.29, 1.82) is 0 Å². The lowest BCUT2D eigenvalue weighted by atomic mass is 10.1. The molecule has 0 unspecified atom stereocenters. The molecule has 0 saturated carbocycles. The molecule has 1 amide bonds. The van der Waals surface area contributed by atoms with E-state index in [2.05, 4.69) is 30.7 Å². The van der Waals surface area contributed by atoms with Crippen LogP contribution in [0.15, 0.2) is 35.1 Å². The number of hydrogen-bond acceptors (Lipinski definition) is 6. The number of H-pyrrole nitrogens is 2. The first-order chi connectivity index (χ1) is 13.6. The van der Waals surface area contributed by atoms with Crippen molar-refractivity contribution in [1.82, 2.24) is 40.1 Å². The number of nitrogens with one attached hydrogen (secondary N) is 2. The maximum Gasteiger partial charge on any atom is 0.278 e. The fourth-order valence-electron chi connectivity index (χ4n) is 3.28. The molecular formula is C17H13FN8O2. The summed E-state index contributed by atoms with van der Waals surface area (Å²) >= 11 is 0. The molecule has 1 aromatic carbocycles. The van der Waals surface area contributed by atoms with Crippen molar-refractivity contribution >= 4 is 11.6 Å². The van der Waals surface area contributed by atoms with E-state index >= 15 is 0 Å². The van der Waals surface area contributed by atoms with Gasteiger partial charge in [0, 0.05) is 6.07 Å². The molecule has 0 fully saturated rings. The molecule has 3 aromatic heterocycles. The Morgan fingerprint density at radius 1 is 1.21 bits per heavy atom. The number of amides is 1. The summed E-state index contributed by atoms with van der Waals surface area (Å²) in [5, 5.41) is 16.3. The highest BCUT2D eigenvalue weighted by molar-refractivity contribution is 5.78. The van der Waals surface area contributed by atoms with Crippen LogP contribution < -0.4 is 5.56 Å². The van der Waals surface area contributed by atoms with Gasteiger partial charge in [0.2, 0.25) is 5.91 Å². The van der Waals surface area contributed by atoms with E-state index in [9.17, 15) is 14.0 Å². The molecule has 1 aliphatic heterocycles. The number of aromatic amines is 2. The molecule has 140 valence electrons. The Bertz CT molecular complexity index is 1240. The van der Waals surface area contributed by atoms with Crippen LogP contribution in [0.25, 0.3) is 16.9 Å². The summed E-state index contributed by atoms with van der Waals surface area (Å²) in [5.74, 6) is -0.249. The largest absolute Gasteiger partial charge is 0.332 e. The Labute approximate surface area is 156 Å². The van der Waals surface area contributed by atoms with Crippen LogP contribution in [0.5, 0.6) is 0 Å². The van der Waals surface area contributed by atoms with Crippen molar-refractivity contribution in [2.75, 3.05) is 0 Å². The van der Waals surface area contributed by atoms with Gasteiger partial charge in [-0.2, -0.15) is 5.21 Å². The topological polar surface area (TPSA) is 125 Å². The number of carbonyl (C=O) groups is 1. The molecule has 0 saturated heterocycles. The van der Waals surface area contributed by atoms with Gasteiger partial charge >= 0.3 is 0 Å². The molecular weight excluding hydrogens is 367 g/mol. The number of carbonyl (C=O) groups excluding carboxylic acids is 1. The predicted molar refractivity (Wildman–Crippen MR) is 93.3 cm³/mol. The average molecular weight is 380 g/mol. The third-order valence-corrected chi connectivity index (χ3v) is 4.69. The smallest absolute Gasteiger partial charge is 0.278 e. The second-order valence-electron chi connectivity index (χ2n) is 6.47. The van der Waals surface area contributed by atoms with Crippen LogP contribution >= 0.6 is 0 Å². The van der Waals surface area contributed by atoms with E-state index in [1.807, 2.05) is 0 Å². The predicted octanol–water partition coefficient (Wildman–Crippen LogP) is 0.427. The summed E-state index contributed by atoms with van der Waals surface area (Å²) in [7, 11) is 0. The first-order valence-electron chi connectivity index (χ1n) is 8.48. The number of fused-ring (bicyclic) bond motifs is 2. The summed E-state index contributed by atoms with van der Waals surface area (Å²) in [4.78, 5) is 31.3. The molecule has 28 heavy (non-hydrogen) atoms. The Kier molecular flexibility index (Phi) is 3.54. The van der Waals surface area contributed by atoms with Gasteiger partial charge in [0.05, 0.1) is 36.5 Å². The minimum atomic E-state index is -0.334. The zero-order chi connectivity index (χ0) is 19.3. The van der Waals surface area contributed by atoms with Crippen molar-refractivity contribution in [3.05, 3.63) is 63.6 Å². The minimum Gasteiger partial charge on any atom is -0.332 e. The van der Waals surface area contributed by atoms with Crippen LogP contribution in [0.1, 0.15) is 17.1 Å². The summed E-state index contributed by atoms with van der Waals surface area (Å²) in [6.45, 7) is 0.417. The first kappa shape index (κ1) is 16.3. The van der Waals surface area contributed by atoms with Gasteiger partial charge in [0.15, 0.2) is 11.5 Å². The first-order valence-corrected chi connectivity index (χ1v) is 8.48. The number of tetrazole rings is 1. The Morgan fingerprint density at radius 2 is 2.04 bits per heavy atom. The maximum atomic E-state index is 13.1. The summed E-state index contributed by atoms with van der Waals surface area (Å²) in [6.07, 6.45) is -0.00158. The lowest BCUT2D eigenvalue weighted by Crippen LogP contribution is -2.28. The summed E-state index contributed by atoms with van der Waals surface area (Å²) in [6, 6.07) is 7.67. The van der Waals surface area contributed by atoms with Crippen LogP contribution in [-0.2, 0) is 24.3 Å². The Balaban J connectivity index is 1.46. The summed E-state index contributed by atoms with van der Waals surface area (Å²) in [5.41, 5.74) is 2.60. The highest BCUT2D eigenvalue weighted by Crippen LogP contribution is 2.22. The van der Waals surface area contributed by atoms with Gasteiger partial charge in [0.1, 0.15) is 5.82 Å². The van der Waals surface area contributed by atoms with E-state index < -0.39 is 0 Å². The Hall–Kier alpha value is -3.89. The number of benzene rings is 1. The van der Waals surface area contributed by atoms with E-state index in [1.165, 1.54) is 21.5 Å². The molecule has 11 heteroatoms. The van der Waals surface area contributed by atoms with Crippen molar-refractivity contribution in [3.63, 3.8) is 0 Å². The van der Waals surface area contributed by atoms with Gasteiger partial charge in [-0.15, -0.1) is 10.2 Å². The summed E-state index contributed by atoms with van der Waals surface area (Å²) < 4.78 is 14.5. The van der Waals surface area contributed by atoms with Gasteiger partial charge in [-0.1, -0.05) is 5.21 Å². The lowest BCUT2D eigenvalue weighted by Gasteiger charge is -2.13. The van der Waals surface area contributed by atoms with Crippen molar-refractivity contribution < 1.29 is 9.18 Å². The third-order valence-electron chi connectivity index (χ3n) is 4.69. The number of halogens is 1. The maximum absolute atomic E-state index is 13.1. The zero-order valence-electron chi connectivity index (χ0n) is 14.4. The van der Waals surface area contributed by atoms with Gasteiger partial charge in [-0.25, -0.2) is 13.9 Å². The fourth-order valence-corrected chi connectivity index (χ4v) is 3.28. The highest BCUT2D eigenvalue weighted by atomic mass is 19.1. The van der Waals surface area contributed by atoms with Crippen LogP contribution in [0.3, 0.4) is 0 Å². The minimum absolute atomic E-state index is 0.00158. The van der Waals surface area contributed by atoms with E-state index in [-0.39, 0.29) is 36.8 Å². The lowest BCUT2D eigenvalue weighted by molar-refractivity contribution is -0.131. The van der Waals surface area contributed by atoms with Gasteiger partial charge in [0.25, 0.3) is 5.56 Å². The molecule has 1 aliphatic rings. The van der Waals surface area contributed by atoms with Crippen LogP contribution in [0.4, 0.5) is 4.39 Å². The van der Waals surface area contributed by atoms with E-state index in [0.717, 1.165) is 5.56 Å². The Morgan fingerprint density at radius 3 is 2.79 bits per heavy atom. The molecule has 0 aliphatic carbocycles. The molecule has 5 rings (SSSR count). The number of hydrogen-bond donors (Lipinski definition) is 2. The van der Waals surface area contributed by atoms with Crippen molar-refractivity contribution in [2.24, 2.45) is 0 Å². The molecule has 2 N–H and O–H groups in total. The SMILES string of the molecule is O=C(Cc1nn[nH]n1)N1Cc2nc3cc(-c4ccc(F)cc4)[nH]n3c(=O)c2C1. The molecule has 0 radical (unpaired) electrons. The molecule has 0 bridgehead atoms. The second kappa shape index (κ2) is 6.08. The van der Waals surface area contributed by atoms with Crippen molar-refractivity contribution in [2.45, 2.75) is 19.5 Å². The van der Waals surface area contributed by atoms with Crippen molar-refractivity contribution in [3.8, 4) is 11.3 Å². The van der Waals surface area contributed by atoms with E-state index in [0.29, 0.717) is 28.4 Å². The normalized spacial score (nSPS) is 13.2. The number of rotatable bonds is 3. The van der Waals surface area contributed by atoms with Gasteiger partial charge < -0.3 is 4.90 Å². The molecule has 0 atom stereocenters. The quantitative estimate of drug-likeness (QED) is 0.531. The van der Waals surface area contributed by atoms with Crippen LogP contribution in [0.2, 0.25) is 0 Å². The average Bonchev–Trinajstić information content (AvgIpc) is 3.41. The molecule has 4 aromatic rings. The van der Waals surface area contributed by atoms with E-state index in [4.69, 9.17) is 0 Å². The monoisotopic (exact) mass is 380 g/mol. The van der Waals surface area contributed by atoms with Crippen LogP contribution in [-0.4, -0.2) is 46.0 Å². The van der Waals surface area contributed by atoms with Crippen LogP contribution in [0, 0.1) is 5.82 Å². The molecule has 10 nitrogen and oxygen atoms in total. The highest BCUT2D eigenvalue weighted by Gasteiger charge is 2.29. The fraction of sp³-hybridized carbons (Fsp3) is 0.176.